The summed E-state index contributed by atoms with van der Waals surface area (Å²) in [4.78, 5) is 16.2. The molecule has 0 N–H and O–H groups in total. The molecule has 3 aromatic heterocycles. The largest absolute Gasteiger partial charge is 0.309 e. The third-order valence-corrected chi connectivity index (χ3v) is 13.7. The summed E-state index contributed by atoms with van der Waals surface area (Å²) in [5.41, 5.74) is 18.0. The van der Waals surface area contributed by atoms with E-state index < -0.39 is 0 Å². The van der Waals surface area contributed by atoms with Gasteiger partial charge in [0.2, 0.25) is 5.95 Å². The quantitative estimate of drug-likeness (QED) is 0.174. The van der Waals surface area contributed by atoms with E-state index in [4.69, 9.17) is 15.0 Å². The molecule has 14 rings (SSSR count). The number of para-hydroxylation sites is 3. The van der Waals surface area contributed by atoms with Crippen LogP contribution in [-0.2, 0) is 0 Å². The second kappa shape index (κ2) is 13.5. The first kappa shape index (κ1) is 35.2. The fourth-order valence-corrected chi connectivity index (χ4v) is 11.0. The maximum atomic E-state index is 5.53. The van der Waals surface area contributed by atoms with E-state index in [1.54, 1.807) is 0 Å². The topological polar surface area (TPSA) is 48.5 Å². The second-order valence-corrected chi connectivity index (χ2v) is 17.1. The van der Waals surface area contributed by atoms with Gasteiger partial charge < -0.3 is 4.57 Å². The van der Waals surface area contributed by atoms with Gasteiger partial charge in [0, 0.05) is 38.7 Å². The van der Waals surface area contributed by atoms with Gasteiger partial charge in [-0.2, -0.15) is 9.97 Å². The van der Waals surface area contributed by atoms with Crippen LogP contribution in [0.25, 0.3) is 88.9 Å². The Balaban J connectivity index is 0.969. The lowest BCUT2D eigenvalue weighted by Gasteiger charge is -2.18. The molecule has 0 bridgehead atoms. The van der Waals surface area contributed by atoms with Crippen LogP contribution in [0.2, 0.25) is 0 Å². The summed E-state index contributed by atoms with van der Waals surface area (Å²) in [5.74, 6) is 1.94. The number of benzene rings is 9. The molecule has 64 heavy (non-hydrogen) atoms. The molecule has 9 aromatic carbocycles. The van der Waals surface area contributed by atoms with Crippen LogP contribution in [0.4, 0.5) is 0 Å². The number of fused-ring (bicyclic) bond motifs is 12. The lowest BCUT2D eigenvalue weighted by atomic mass is 9.86. The third kappa shape index (κ3) is 5.03. The van der Waals surface area contributed by atoms with Gasteiger partial charge in [0.05, 0.1) is 28.0 Å². The summed E-state index contributed by atoms with van der Waals surface area (Å²) in [5, 5.41) is 4.76. The Hall–Kier alpha value is -8.41. The fourth-order valence-electron chi connectivity index (χ4n) is 11.0. The SMILES string of the molecule is c1ccc(-c2nc(C3c4ccccc4-c4cc(C5c6ccccc6-c6ccccc65)ccc43)nc(-n3c4ccccc4c4cc(-n5c6ccccc6c6ccccc65)ccc43)n2)cc1. The van der Waals surface area contributed by atoms with E-state index in [0.29, 0.717) is 11.8 Å². The number of hydrogen-bond donors (Lipinski definition) is 0. The van der Waals surface area contributed by atoms with Crippen molar-refractivity contribution in [2.24, 2.45) is 0 Å². The van der Waals surface area contributed by atoms with Crippen molar-refractivity contribution < 1.29 is 0 Å². The molecule has 1 atom stereocenters. The van der Waals surface area contributed by atoms with Gasteiger partial charge in [-0.05, 0) is 92.5 Å². The molecule has 0 fully saturated rings. The van der Waals surface area contributed by atoms with Gasteiger partial charge in [-0.15, -0.1) is 0 Å². The Kier molecular flexibility index (Phi) is 7.45. The molecule has 0 radical (unpaired) electrons. The van der Waals surface area contributed by atoms with Gasteiger partial charge in [-0.1, -0.05) is 170 Å². The van der Waals surface area contributed by atoms with Crippen molar-refractivity contribution in [2.75, 3.05) is 0 Å². The molecule has 0 amide bonds. The van der Waals surface area contributed by atoms with Gasteiger partial charge in [-0.25, -0.2) is 4.98 Å². The summed E-state index contributed by atoms with van der Waals surface area (Å²) in [6.07, 6.45) is 0. The van der Waals surface area contributed by atoms with Gasteiger partial charge in [-0.3, -0.25) is 4.57 Å². The van der Waals surface area contributed by atoms with Crippen molar-refractivity contribution in [3.63, 3.8) is 0 Å². The van der Waals surface area contributed by atoms with Crippen molar-refractivity contribution in [2.45, 2.75) is 11.8 Å². The van der Waals surface area contributed by atoms with Crippen LogP contribution in [0, 0.1) is 0 Å². The lowest BCUT2D eigenvalue weighted by Crippen LogP contribution is -2.12. The first-order valence-electron chi connectivity index (χ1n) is 22.0. The van der Waals surface area contributed by atoms with E-state index in [1.165, 1.54) is 71.9 Å². The highest BCUT2D eigenvalue weighted by atomic mass is 15.2. The Morgan fingerprint density at radius 2 is 0.828 bits per heavy atom. The molecular formula is C59H37N5. The van der Waals surface area contributed by atoms with Crippen molar-refractivity contribution in [1.29, 1.82) is 0 Å². The third-order valence-electron chi connectivity index (χ3n) is 13.7. The van der Waals surface area contributed by atoms with Crippen LogP contribution in [0.15, 0.2) is 212 Å². The summed E-state index contributed by atoms with van der Waals surface area (Å²) in [7, 11) is 0. The molecule has 2 aliphatic carbocycles. The van der Waals surface area contributed by atoms with E-state index in [1.807, 2.05) is 6.07 Å². The molecule has 3 heterocycles. The van der Waals surface area contributed by atoms with E-state index in [-0.39, 0.29) is 11.8 Å². The standard InChI is InChI=1S/C59H37N5/c1-2-16-36(17-3-1)57-60-58(56-47-26-9-6-20-41(47)49-34-37(30-32-48(49)56)55-45-24-7-4-18-39(45)40-19-5-8-25-46(40)55)62-59(61-57)64-53-29-15-12-23-44(53)50-35-38(31-33-54(50)64)63-51-27-13-10-21-42(51)43-22-11-14-28-52(43)63/h1-35,55-56H. The monoisotopic (exact) mass is 815 g/mol. The summed E-state index contributed by atoms with van der Waals surface area (Å²) < 4.78 is 4.62. The summed E-state index contributed by atoms with van der Waals surface area (Å²) in [6.45, 7) is 0. The Bertz CT molecular complexity index is 3780. The molecule has 5 heteroatoms. The highest BCUT2D eigenvalue weighted by Crippen LogP contribution is 2.52. The Labute approximate surface area is 369 Å². The Morgan fingerprint density at radius 3 is 1.48 bits per heavy atom. The average molecular weight is 816 g/mol. The fraction of sp³-hybridized carbons (Fsp3) is 0.0339. The minimum absolute atomic E-state index is 0.156. The van der Waals surface area contributed by atoms with Crippen molar-refractivity contribution in [1.82, 2.24) is 24.1 Å². The second-order valence-electron chi connectivity index (χ2n) is 17.1. The zero-order valence-corrected chi connectivity index (χ0v) is 34.6. The van der Waals surface area contributed by atoms with Crippen LogP contribution in [0.3, 0.4) is 0 Å². The highest BCUT2D eigenvalue weighted by molar-refractivity contribution is 6.12. The van der Waals surface area contributed by atoms with Crippen LogP contribution >= 0.6 is 0 Å². The number of hydrogen-bond acceptors (Lipinski definition) is 3. The van der Waals surface area contributed by atoms with Gasteiger partial charge >= 0.3 is 0 Å². The van der Waals surface area contributed by atoms with Gasteiger partial charge in [0.25, 0.3) is 0 Å². The number of rotatable bonds is 5. The Morgan fingerprint density at radius 1 is 0.328 bits per heavy atom. The maximum Gasteiger partial charge on any atom is 0.238 e. The van der Waals surface area contributed by atoms with Crippen molar-refractivity contribution in [3.05, 3.63) is 246 Å². The molecule has 0 saturated carbocycles. The number of aromatic nitrogens is 5. The molecule has 12 aromatic rings. The van der Waals surface area contributed by atoms with Crippen molar-refractivity contribution >= 4 is 43.6 Å². The van der Waals surface area contributed by atoms with Crippen LogP contribution in [0.5, 0.6) is 0 Å². The van der Waals surface area contributed by atoms with Gasteiger partial charge in [0.1, 0.15) is 5.82 Å². The minimum atomic E-state index is -0.192. The van der Waals surface area contributed by atoms with E-state index in [2.05, 4.69) is 215 Å². The molecular weight excluding hydrogens is 779 g/mol. The van der Waals surface area contributed by atoms with Crippen molar-refractivity contribution in [3.8, 4) is 45.3 Å². The molecule has 0 spiro atoms. The first-order chi connectivity index (χ1) is 31.8. The van der Waals surface area contributed by atoms with E-state index in [0.717, 1.165) is 38.9 Å². The number of nitrogens with zero attached hydrogens (tertiary/aromatic N) is 5. The summed E-state index contributed by atoms with van der Waals surface area (Å²) in [6, 6.07) is 76.8. The smallest absolute Gasteiger partial charge is 0.238 e. The zero-order chi connectivity index (χ0) is 41.9. The first-order valence-corrected chi connectivity index (χ1v) is 22.0. The van der Waals surface area contributed by atoms with Gasteiger partial charge in [0.15, 0.2) is 5.82 Å². The van der Waals surface area contributed by atoms with E-state index >= 15 is 0 Å². The average Bonchev–Trinajstić information content (AvgIpc) is 4.09. The predicted molar refractivity (Wildman–Crippen MR) is 260 cm³/mol. The molecule has 0 aliphatic heterocycles. The minimum Gasteiger partial charge on any atom is -0.309 e. The van der Waals surface area contributed by atoms with E-state index in [9.17, 15) is 0 Å². The predicted octanol–water partition coefficient (Wildman–Crippen LogP) is 14.1. The zero-order valence-electron chi connectivity index (χ0n) is 34.6. The van der Waals surface area contributed by atoms with Crippen LogP contribution in [0.1, 0.15) is 45.5 Å². The molecule has 298 valence electrons. The maximum absolute atomic E-state index is 5.53. The molecule has 5 nitrogen and oxygen atoms in total. The normalized spacial score (nSPS) is 14.0. The lowest BCUT2D eigenvalue weighted by molar-refractivity contribution is 0.822. The molecule has 1 unspecified atom stereocenters. The highest BCUT2D eigenvalue weighted by Gasteiger charge is 2.36. The summed E-state index contributed by atoms with van der Waals surface area (Å²) >= 11 is 0. The molecule has 2 aliphatic rings. The molecule has 0 saturated heterocycles. The van der Waals surface area contributed by atoms with Crippen LogP contribution < -0.4 is 0 Å². The van der Waals surface area contributed by atoms with Crippen LogP contribution in [-0.4, -0.2) is 24.1 Å².